The Labute approximate surface area is 147 Å². The van der Waals surface area contributed by atoms with Crippen molar-refractivity contribution >= 4 is 16.9 Å². The van der Waals surface area contributed by atoms with Gasteiger partial charge < -0.3 is 15.2 Å². The number of fused-ring (bicyclic) bond motifs is 1. The van der Waals surface area contributed by atoms with Crippen molar-refractivity contribution < 1.29 is 4.79 Å². The van der Waals surface area contributed by atoms with Crippen molar-refractivity contribution in [1.29, 1.82) is 0 Å². The Bertz CT molecular complexity index is 865. The molecule has 3 aromatic rings. The van der Waals surface area contributed by atoms with E-state index in [1.54, 1.807) is 17.9 Å². The molecule has 1 aromatic carbocycles. The van der Waals surface area contributed by atoms with Crippen molar-refractivity contribution in [3.63, 3.8) is 0 Å². The summed E-state index contributed by atoms with van der Waals surface area (Å²) in [5.41, 5.74) is 2.98. The van der Waals surface area contributed by atoms with Gasteiger partial charge in [0.1, 0.15) is 11.9 Å². The van der Waals surface area contributed by atoms with Gasteiger partial charge in [-0.05, 0) is 26.1 Å². The first-order valence-corrected chi connectivity index (χ1v) is 8.51. The zero-order chi connectivity index (χ0) is 17.8. The molecule has 0 aliphatic rings. The van der Waals surface area contributed by atoms with Crippen LogP contribution in [0.25, 0.3) is 11.0 Å². The topological polar surface area (TPSA) is 76.8 Å². The summed E-state index contributed by atoms with van der Waals surface area (Å²) in [5.74, 6) is 0.932. The molecule has 3 rings (SSSR count). The normalized spacial score (nSPS) is 12.4. The number of para-hydroxylation sites is 2. The molecule has 25 heavy (non-hydrogen) atoms. The number of amides is 1. The van der Waals surface area contributed by atoms with Crippen LogP contribution in [-0.4, -0.2) is 38.8 Å². The second kappa shape index (κ2) is 7.48. The highest BCUT2D eigenvalue weighted by atomic mass is 16.2. The number of benzene rings is 1. The number of aryl methyl sites for hydroxylation is 2. The van der Waals surface area contributed by atoms with E-state index in [4.69, 9.17) is 0 Å². The van der Waals surface area contributed by atoms with Crippen molar-refractivity contribution in [2.24, 2.45) is 7.05 Å². The van der Waals surface area contributed by atoms with Crippen molar-refractivity contribution in [3.8, 4) is 0 Å². The SMILES string of the molecule is CCn1c(CCNC(=O)C(NC)c2cnn(C)c2)nc2ccccc21. The molecule has 7 heteroatoms. The minimum atomic E-state index is -0.404. The molecule has 1 unspecified atom stereocenters. The zero-order valence-corrected chi connectivity index (χ0v) is 14.9. The van der Waals surface area contributed by atoms with Crippen LogP contribution in [0.3, 0.4) is 0 Å². The molecule has 0 radical (unpaired) electrons. The van der Waals surface area contributed by atoms with Crippen molar-refractivity contribution in [2.45, 2.75) is 25.9 Å². The van der Waals surface area contributed by atoms with E-state index in [-0.39, 0.29) is 5.91 Å². The van der Waals surface area contributed by atoms with Gasteiger partial charge in [-0.3, -0.25) is 9.48 Å². The highest BCUT2D eigenvalue weighted by Crippen LogP contribution is 2.16. The molecule has 0 bridgehead atoms. The van der Waals surface area contributed by atoms with Gasteiger partial charge in [-0.25, -0.2) is 4.98 Å². The lowest BCUT2D eigenvalue weighted by Crippen LogP contribution is -2.37. The number of likely N-dealkylation sites (N-methyl/N-ethyl adjacent to an activating group) is 1. The summed E-state index contributed by atoms with van der Waals surface area (Å²) < 4.78 is 3.88. The Morgan fingerprint density at radius 1 is 1.32 bits per heavy atom. The minimum absolute atomic E-state index is 0.0605. The van der Waals surface area contributed by atoms with E-state index < -0.39 is 6.04 Å². The Morgan fingerprint density at radius 3 is 2.80 bits per heavy atom. The molecule has 0 aliphatic heterocycles. The molecule has 0 fully saturated rings. The van der Waals surface area contributed by atoms with Crippen LogP contribution in [0, 0.1) is 0 Å². The summed E-state index contributed by atoms with van der Waals surface area (Å²) in [4.78, 5) is 17.2. The summed E-state index contributed by atoms with van der Waals surface area (Å²) in [7, 11) is 3.61. The highest BCUT2D eigenvalue weighted by molar-refractivity contribution is 5.83. The molecule has 0 saturated carbocycles. The molecule has 1 amide bonds. The fourth-order valence-electron chi connectivity index (χ4n) is 3.11. The second-order valence-electron chi connectivity index (χ2n) is 5.97. The van der Waals surface area contributed by atoms with Crippen molar-refractivity contribution in [1.82, 2.24) is 30.0 Å². The van der Waals surface area contributed by atoms with Gasteiger partial charge >= 0.3 is 0 Å². The standard InChI is InChI=1S/C18H24N6O/c1-4-24-15-8-6-5-7-14(15)22-16(24)9-10-20-18(25)17(19-2)13-11-21-23(3)12-13/h5-8,11-12,17,19H,4,9-10H2,1-3H3,(H,20,25). The number of aromatic nitrogens is 4. The predicted molar refractivity (Wildman–Crippen MR) is 97.1 cm³/mol. The highest BCUT2D eigenvalue weighted by Gasteiger charge is 2.20. The van der Waals surface area contributed by atoms with E-state index in [1.165, 1.54) is 0 Å². The van der Waals surface area contributed by atoms with E-state index in [1.807, 2.05) is 31.4 Å². The molecule has 7 nitrogen and oxygen atoms in total. The summed E-state index contributed by atoms with van der Waals surface area (Å²) in [6.45, 7) is 3.51. The Hall–Kier alpha value is -2.67. The number of imidazole rings is 1. The van der Waals surface area contributed by atoms with Gasteiger partial charge in [0.2, 0.25) is 5.91 Å². The second-order valence-corrected chi connectivity index (χ2v) is 5.97. The lowest BCUT2D eigenvalue weighted by Gasteiger charge is -2.14. The fourth-order valence-corrected chi connectivity index (χ4v) is 3.11. The number of carbonyl (C=O) groups is 1. The molecule has 2 N–H and O–H groups in total. The average molecular weight is 340 g/mol. The van der Waals surface area contributed by atoms with E-state index in [9.17, 15) is 4.79 Å². The summed E-state index contributed by atoms with van der Waals surface area (Å²) >= 11 is 0. The molecule has 0 spiro atoms. The quantitative estimate of drug-likeness (QED) is 0.682. The number of carbonyl (C=O) groups excluding carboxylic acids is 1. The number of nitrogens with one attached hydrogen (secondary N) is 2. The Kier molecular flexibility index (Phi) is 5.14. The van der Waals surface area contributed by atoms with Crippen LogP contribution in [0.5, 0.6) is 0 Å². The molecular weight excluding hydrogens is 316 g/mol. The fraction of sp³-hybridized carbons (Fsp3) is 0.389. The van der Waals surface area contributed by atoms with Crippen molar-refractivity contribution in [2.75, 3.05) is 13.6 Å². The number of hydrogen-bond acceptors (Lipinski definition) is 4. The summed E-state index contributed by atoms with van der Waals surface area (Å²) in [6.07, 6.45) is 4.24. The molecule has 2 aromatic heterocycles. The van der Waals surface area contributed by atoms with Gasteiger partial charge in [-0.15, -0.1) is 0 Å². The number of nitrogens with zero attached hydrogens (tertiary/aromatic N) is 4. The van der Waals surface area contributed by atoms with Gasteiger partial charge in [-0.2, -0.15) is 5.10 Å². The molecule has 132 valence electrons. The van der Waals surface area contributed by atoms with Gasteiger partial charge in [-0.1, -0.05) is 12.1 Å². The predicted octanol–water partition coefficient (Wildman–Crippen LogP) is 1.41. The van der Waals surface area contributed by atoms with Gasteiger partial charge in [0.15, 0.2) is 0 Å². The molecule has 0 saturated heterocycles. The largest absolute Gasteiger partial charge is 0.354 e. The van der Waals surface area contributed by atoms with Crippen LogP contribution >= 0.6 is 0 Å². The number of hydrogen-bond donors (Lipinski definition) is 2. The maximum atomic E-state index is 12.5. The van der Waals surface area contributed by atoms with Crippen LogP contribution in [0.15, 0.2) is 36.7 Å². The first kappa shape index (κ1) is 17.2. The molecule has 2 heterocycles. The third kappa shape index (κ3) is 3.56. The molecular formula is C18H24N6O. The minimum Gasteiger partial charge on any atom is -0.354 e. The van der Waals surface area contributed by atoms with Crippen LogP contribution in [0.2, 0.25) is 0 Å². The molecule has 1 atom stereocenters. The molecule has 0 aliphatic carbocycles. The lowest BCUT2D eigenvalue weighted by molar-refractivity contribution is -0.123. The summed E-state index contributed by atoms with van der Waals surface area (Å²) in [6, 6.07) is 7.70. The first-order valence-electron chi connectivity index (χ1n) is 8.51. The Morgan fingerprint density at radius 2 is 2.12 bits per heavy atom. The average Bonchev–Trinajstić information content (AvgIpc) is 3.18. The third-order valence-corrected chi connectivity index (χ3v) is 4.31. The smallest absolute Gasteiger partial charge is 0.241 e. The van der Waals surface area contributed by atoms with Crippen LogP contribution < -0.4 is 10.6 Å². The van der Waals surface area contributed by atoms with Gasteiger partial charge in [0.05, 0.1) is 17.2 Å². The van der Waals surface area contributed by atoms with E-state index in [2.05, 4.69) is 38.3 Å². The Balaban J connectivity index is 1.65. The number of rotatable bonds is 7. The van der Waals surface area contributed by atoms with Crippen LogP contribution in [0.4, 0.5) is 0 Å². The van der Waals surface area contributed by atoms with Crippen LogP contribution in [-0.2, 0) is 24.8 Å². The van der Waals surface area contributed by atoms with E-state index >= 15 is 0 Å². The van der Waals surface area contributed by atoms with E-state index in [0.29, 0.717) is 13.0 Å². The van der Waals surface area contributed by atoms with Gasteiger partial charge in [0.25, 0.3) is 0 Å². The first-order chi connectivity index (χ1) is 12.1. The maximum absolute atomic E-state index is 12.5. The van der Waals surface area contributed by atoms with Crippen molar-refractivity contribution in [3.05, 3.63) is 48.0 Å². The van der Waals surface area contributed by atoms with E-state index in [0.717, 1.165) is 29.0 Å². The maximum Gasteiger partial charge on any atom is 0.241 e. The zero-order valence-electron chi connectivity index (χ0n) is 14.9. The monoisotopic (exact) mass is 340 g/mol. The third-order valence-electron chi connectivity index (χ3n) is 4.31. The van der Waals surface area contributed by atoms with Crippen LogP contribution in [0.1, 0.15) is 24.4 Å². The lowest BCUT2D eigenvalue weighted by atomic mass is 10.1. The summed E-state index contributed by atoms with van der Waals surface area (Å²) in [5, 5.41) is 10.2. The van der Waals surface area contributed by atoms with Gasteiger partial charge in [0, 0.05) is 38.3 Å².